The summed E-state index contributed by atoms with van der Waals surface area (Å²) in [5, 5.41) is 0.983. The fourth-order valence-electron chi connectivity index (χ4n) is 1.02. The molecule has 0 N–H and O–H groups in total. The smallest absolute Gasteiger partial charge is 0.237 e. The molecule has 6 heteroatoms. The maximum absolute atomic E-state index is 5.94. The van der Waals surface area contributed by atoms with Gasteiger partial charge in [0.05, 0.1) is 17.4 Å². The minimum Gasteiger partial charge on any atom is -0.436 e. The molecule has 0 atom stereocenters. The van der Waals surface area contributed by atoms with Crippen LogP contribution in [0.1, 0.15) is 0 Å². The van der Waals surface area contributed by atoms with Gasteiger partial charge in [-0.1, -0.05) is 23.2 Å². The van der Waals surface area contributed by atoms with Gasteiger partial charge in [0.1, 0.15) is 10.4 Å². The SMILES string of the molecule is Clc1ccc(Oc2cnc(Br)cn2)c(Cl)c1. The van der Waals surface area contributed by atoms with Crippen molar-refractivity contribution in [3.63, 3.8) is 0 Å². The molecule has 0 unspecified atom stereocenters. The first-order valence-corrected chi connectivity index (χ1v) is 5.80. The van der Waals surface area contributed by atoms with Crippen LogP contribution >= 0.6 is 39.1 Å². The maximum Gasteiger partial charge on any atom is 0.237 e. The molecule has 0 fully saturated rings. The lowest BCUT2D eigenvalue weighted by atomic mass is 10.3. The van der Waals surface area contributed by atoms with E-state index in [1.54, 1.807) is 24.4 Å². The molecule has 0 aliphatic heterocycles. The molecule has 0 aliphatic rings. The lowest BCUT2D eigenvalue weighted by molar-refractivity contribution is 0.460. The molecule has 3 nitrogen and oxygen atoms in total. The van der Waals surface area contributed by atoms with Crippen molar-refractivity contribution in [3.05, 3.63) is 45.2 Å². The number of nitrogens with zero attached hydrogens (tertiary/aromatic N) is 2. The van der Waals surface area contributed by atoms with Crippen LogP contribution in [-0.2, 0) is 0 Å². The average molecular weight is 320 g/mol. The Balaban J connectivity index is 2.23. The molecule has 0 radical (unpaired) electrons. The number of ether oxygens (including phenoxy) is 1. The third-order valence-electron chi connectivity index (χ3n) is 1.71. The zero-order valence-electron chi connectivity index (χ0n) is 7.82. The zero-order valence-corrected chi connectivity index (χ0v) is 10.9. The molecule has 2 aromatic rings. The van der Waals surface area contributed by atoms with Gasteiger partial charge in [0.2, 0.25) is 5.88 Å². The van der Waals surface area contributed by atoms with Crippen molar-refractivity contribution in [1.82, 2.24) is 9.97 Å². The van der Waals surface area contributed by atoms with E-state index < -0.39 is 0 Å². The Morgan fingerprint density at radius 2 is 1.94 bits per heavy atom. The molecule has 0 spiro atoms. The Bertz CT molecular complexity index is 505. The fourth-order valence-corrected chi connectivity index (χ4v) is 1.68. The molecule has 1 aromatic heterocycles. The molecule has 0 saturated heterocycles. The van der Waals surface area contributed by atoms with E-state index in [0.717, 1.165) is 0 Å². The summed E-state index contributed by atoms with van der Waals surface area (Å²) in [6.07, 6.45) is 3.04. The number of hydrogen-bond acceptors (Lipinski definition) is 3. The molecule has 82 valence electrons. The molecule has 0 aliphatic carbocycles. The first kappa shape index (κ1) is 11.6. The summed E-state index contributed by atoms with van der Waals surface area (Å²) in [6, 6.07) is 4.97. The molecule has 0 saturated carbocycles. The number of rotatable bonds is 2. The molecule has 16 heavy (non-hydrogen) atoms. The van der Waals surface area contributed by atoms with Gasteiger partial charge in [0, 0.05) is 5.02 Å². The molecule has 0 bridgehead atoms. The van der Waals surface area contributed by atoms with Gasteiger partial charge >= 0.3 is 0 Å². The second-order valence-electron chi connectivity index (χ2n) is 2.85. The molecule has 1 heterocycles. The second kappa shape index (κ2) is 4.99. The van der Waals surface area contributed by atoms with Crippen molar-refractivity contribution >= 4 is 39.1 Å². The van der Waals surface area contributed by atoms with Crippen molar-refractivity contribution in [2.45, 2.75) is 0 Å². The van der Waals surface area contributed by atoms with Crippen LogP contribution in [0.25, 0.3) is 0 Å². The highest BCUT2D eigenvalue weighted by molar-refractivity contribution is 9.10. The summed E-state index contributed by atoms with van der Waals surface area (Å²) in [6.45, 7) is 0. The highest BCUT2D eigenvalue weighted by Gasteiger charge is 2.04. The normalized spacial score (nSPS) is 10.2. The van der Waals surface area contributed by atoms with Gasteiger partial charge in [-0.25, -0.2) is 9.97 Å². The summed E-state index contributed by atoms with van der Waals surface area (Å²) in [4.78, 5) is 8.00. The predicted octanol–water partition coefficient (Wildman–Crippen LogP) is 4.34. The largest absolute Gasteiger partial charge is 0.436 e. The van der Waals surface area contributed by atoms with Crippen LogP contribution in [0, 0.1) is 0 Å². The Morgan fingerprint density at radius 3 is 2.56 bits per heavy atom. The van der Waals surface area contributed by atoms with Gasteiger partial charge in [-0.2, -0.15) is 0 Å². The van der Waals surface area contributed by atoms with Gasteiger partial charge in [-0.15, -0.1) is 0 Å². The van der Waals surface area contributed by atoms with Crippen LogP contribution in [0.3, 0.4) is 0 Å². The molecular formula is C10H5BrCl2N2O. The first-order valence-electron chi connectivity index (χ1n) is 4.25. The summed E-state index contributed by atoms with van der Waals surface area (Å²) in [5.41, 5.74) is 0. The quantitative estimate of drug-likeness (QED) is 0.826. The van der Waals surface area contributed by atoms with E-state index >= 15 is 0 Å². The van der Waals surface area contributed by atoms with E-state index in [4.69, 9.17) is 27.9 Å². The monoisotopic (exact) mass is 318 g/mol. The van der Waals surface area contributed by atoms with E-state index in [-0.39, 0.29) is 0 Å². The molecule has 1 aromatic carbocycles. The summed E-state index contributed by atoms with van der Waals surface area (Å²) in [7, 11) is 0. The van der Waals surface area contributed by atoms with E-state index in [2.05, 4.69) is 25.9 Å². The van der Waals surface area contributed by atoms with Crippen LogP contribution in [0.4, 0.5) is 0 Å². The summed E-state index contributed by atoms with van der Waals surface area (Å²) < 4.78 is 6.07. The van der Waals surface area contributed by atoms with E-state index in [1.165, 1.54) is 6.20 Å². The van der Waals surface area contributed by atoms with Crippen molar-refractivity contribution in [2.24, 2.45) is 0 Å². The van der Waals surface area contributed by atoms with Crippen molar-refractivity contribution in [2.75, 3.05) is 0 Å². The molecule has 0 amide bonds. The molecule has 2 rings (SSSR count). The van der Waals surface area contributed by atoms with Crippen LogP contribution < -0.4 is 4.74 Å². The van der Waals surface area contributed by atoms with Crippen LogP contribution in [-0.4, -0.2) is 9.97 Å². The van der Waals surface area contributed by atoms with E-state index in [9.17, 15) is 0 Å². The molecular weight excluding hydrogens is 315 g/mol. The lowest BCUT2D eigenvalue weighted by Gasteiger charge is -2.05. The highest BCUT2D eigenvalue weighted by atomic mass is 79.9. The van der Waals surface area contributed by atoms with E-state index in [0.29, 0.717) is 26.3 Å². The van der Waals surface area contributed by atoms with Crippen LogP contribution in [0.2, 0.25) is 10.0 Å². The standard InChI is InChI=1S/C10H5BrCl2N2O/c11-9-4-15-10(5-14-9)16-8-2-1-6(12)3-7(8)13/h1-5H. The number of halogens is 3. The summed E-state index contributed by atoms with van der Waals surface area (Å²) >= 11 is 14.9. The third-order valence-corrected chi connectivity index (χ3v) is 2.65. The van der Waals surface area contributed by atoms with E-state index in [1.807, 2.05) is 0 Å². The van der Waals surface area contributed by atoms with Crippen molar-refractivity contribution in [3.8, 4) is 11.6 Å². The maximum atomic E-state index is 5.94. The minimum absolute atomic E-state index is 0.368. The highest BCUT2D eigenvalue weighted by Crippen LogP contribution is 2.30. The average Bonchev–Trinajstić information content (AvgIpc) is 2.25. The van der Waals surface area contributed by atoms with Gasteiger partial charge < -0.3 is 4.74 Å². The van der Waals surface area contributed by atoms with Crippen molar-refractivity contribution in [1.29, 1.82) is 0 Å². The Morgan fingerprint density at radius 1 is 1.12 bits per heavy atom. The fraction of sp³-hybridized carbons (Fsp3) is 0. The second-order valence-corrected chi connectivity index (χ2v) is 4.51. The van der Waals surface area contributed by atoms with Gasteiger partial charge in [0.25, 0.3) is 0 Å². The van der Waals surface area contributed by atoms with Crippen LogP contribution in [0.5, 0.6) is 11.6 Å². The van der Waals surface area contributed by atoms with Gasteiger partial charge in [0.15, 0.2) is 0 Å². The van der Waals surface area contributed by atoms with Gasteiger partial charge in [-0.05, 0) is 34.1 Å². The Labute approximate surface area is 111 Å². The summed E-state index contributed by atoms with van der Waals surface area (Å²) in [5.74, 6) is 0.857. The first-order chi connectivity index (χ1) is 7.65. The minimum atomic E-state index is 0.368. The van der Waals surface area contributed by atoms with Crippen LogP contribution in [0.15, 0.2) is 35.2 Å². The number of aromatic nitrogens is 2. The van der Waals surface area contributed by atoms with Gasteiger partial charge in [-0.3, -0.25) is 0 Å². The Hall–Kier alpha value is -0.840. The lowest BCUT2D eigenvalue weighted by Crippen LogP contribution is -1.89. The Kier molecular flexibility index (Phi) is 3.63. The third kappa shape index (κ3) is 2.84. The predicted molar refractivity (Wildman–Crippen MR) is 66.3 cm³/mol. The zero-order chi connectivity index (χ0) is 11.5. The van der Waals surface area contributed by atoms with Crippen molar-refractivity contribution < 1.29 is 4.74 Å². The topological polar surface area (TPSA) is 35.0 Å². The number of benzene rings is 1. The number of hydrogen-bond donors (Lipinski definition) is 0.